The van der Waals surface area contributed by atoms with Gasteiger partial charge < -0.3 is 9.84 Å². The first-order chi connectivity index (χ1) is 19.5. The molecule has 2 aromatic heterocycles. The molecule has 0 amide bonds. The molecule has 40 heavy (non-hydrogen) atoms. The maximum atomic E-state index is 12.4. The maximum Gasteiger partial charge on any atom is 0.316 e. The molecular formula is C32H31N5O3. The fourth-order valence-corrected chi connectivity index (χ4v) is 5.25. The van der Waals surface area contributed by atoms with Crippen molar-refractivity contribution in [3.8, 4) is 22.3 Å². The Hall–Kier alpha value is -4.56. The molecule has 0 radical (unpaired) electrons. The normalized spacial score (nSPS) is 14.6. The lowest BCUT2D eigenvalue weighted by molar-refractivity contribution is -0.146. The summed E-state index contributed by atoms with van der Waals surface area (Å²) >= 11 is 0. The van der Waals surface area contributed by atoms with Crippen LogP contribution in [0, 0.1) is 0 Å². The van der Waals surface area contributed by atoms with Gasteiger partial charge in [-0.1, -0.05) is 84.1 Å². The monoisotopic (exact) mass is 533 g/mol. The van der Waals surface area contributed by atoms with Gasteiger partial charge in [0.1, 0.15) is 11.8 Å². The van der Waals surface area contributed by atoms with E-state index in [0.29, 0.717) is 24.5 Å². The van der Waals surface area contributed by atoms with Crippen molar-refractivity contribution in [1.29, 1.82) is 0 Å². The number of nitrogens with zero attached hydrogens (tertiary/aromatic N) is 5. The number of aromatic nitrogens is 5. The van der Waals surface area contributed by atoms with Crippen molar-refractivity contribution in [1.82, 2.24) is 24.8 Å². The molecule has 0 bridgehead atoms. The van der Waals surface area contributed by atoms with Crippen molar-refractivity contribution in [2.45, 2.75) is 37.8 Å². The van der Waals surface area contributed by atoms with E-state index in [0.717, 1.165) is 46.2 Å². The van der Waals surface area contributed by atoms with Crippen LogP contribution in [-0.2, 0) is 28.5 Å². The second-order valence-electron chi connectivity index (χ2n) is 10.3. The van der Waals surface area contributed by atoms with Crippen molar-refractivity contribution < 1.29 is 14.6 Å². The Morgan fingerprint density at radius 3 is 2.27 bits per heavy atom. The predicted molar refractivity (Wildman–Crippen MR) is 151 cm³/mol. The Bertz CT molecular complexity index is 1620. The fraction of sp³-hybridized carbons (Fsp3) is 0.250. The number of esters is 1. The Labute approximate surface area is 232 Å². The van der Waals surface area contributed by atoms with Gasteiger partial charge in [-0.25, -0.2) is 4.68 Å². The number of hydrogen-bond acceptors (Lipinski definition) is 6. The second kappa shape index (κ2) is 10.5. The number of ether oxygens (including phenoxy) is 1. The van der Waals surface area contributed by atoms with Gasteiger partial charge in [0.2, 0.25) is 0 Å². The molecule has 6 rings (SSSR count). The van der Waals surface area contributed by atoms with E-state index in [9.17, 15) is 9.90 Å². The van der Waals surface area contributed by atoms with Gasteiger partial charge in [-0.05, 0) is 47.6 Å². The Morgan fingerprint density at radius 1 is 0.975 bits per heavy atom. The molecule has 8 nitrogen and oxygen atoms in total. The van der Waals surface area contributed by atoms with E-state index in [1.165, 1.54) is 0 Å². The summed E-state index contributed by atoms with van der Waals surface area (Å²) in [6.07, 6.45) is 4.23. The number of aryl methyl sites for hydroxylation is 1. The molecule has 8 heteroatoms. The van der Waals surface area contributed by atoms with E-state index < -0.39 is 11.5 Å². The average Bonchev–Trinajstić information content (AvgIpc) is 3.52. The van der Waals surface area contributed by atoms with E-state index in [2.05, 4.69) is 39.7 Å². The minimum absolute atomic E-state index is 0.125. The zero-order valence-corrected chi connectivity index (χ0v) is 22.6. The third-order valence-electron chi connectivity index (χ3n) is 7.65. The molecule has 1 N–H and O–H groups in total. The Morgan fingerprint density at radius 2 is 1.62 bits per heavy atom. The number of benzene rings is 3. The second-order valence-corrected chi connectivity index (χ2v) is 10.3. The van der Waals surface area contributed by atoms with E-state index >= 15 is 0 Å². The number of aliphatic hydroxyl groups excluding tert-OH is 1. The summed E-state index contributed by atoms with van der Waals surface area (Å²) in [4.78, 5) is 12.4. The first-order valence-corrected chi connectivity index (χ1v) is 13.5. The average molecular weight is 534 g/mol. The molecule has 202 valence electrons. The van der Waals surface area contributed by atoms with Gasteiger partial charge >= 0.3 is 5.97 Å². The molecule has 1 saturated carbocycles. The van der Waals surface area contributed by atoms with Crippen LogP contribution >= 0.6 is 0 Å². The van der Waals surface area contributed by atoms with Crippen molar-refractivity contribution in [2.75, 3.05) is 6.61 Å². The van der Waals surface area contributed by atoms with Crippen LogP contribution in [0.25, 0.3) is 22.3 Å². The number of carbonyl (C=O) groups is 1. The van der Waals surface area contributed by atoms with Gasteiger partial charge in [0.05, 0.1) is 36.7 Å². The molecule has 1 aliphatic carbocycles. The summed E-state index contributed by atoms with van der Waals surface area (Å²) in [5.74, 6) is -0.125. The molecule has 1 atom stereocenters. The number of aliphatic hydroxyl groups is 1. The smallest absolute Gasteiger partial charge is 0.316 e. The topological polar surface area (TPSA) is 95.1 Å². The molecule has 5 aromatic rings. The van der Waals surface area contributed by atoms with Crippen LogP contribution in [0.3, 0.4) is 0 Å². The largest absolute Gasteiger partial charge is 0.465 e. The van der Waals surface area contributed by atoms with Crippen LogP contribution in [-0.4, -0.2) is 42.5 Å². The summed E-state index contributed by atoms with van der Waals surface area (Å²) in [5.41, 5.74) is 6.67. The predicted octanol–water partition coefficient (Wildman–Crippen LogP) is 5.07. The maximum absolute atomic E-state index is 12.4. The van der Waals surface area contributed by atoms with Gasteiger partial charge in [-0.2, -0.15) is 5.10 Å². The highest BCUT2D eigenvalue weighted by molar-refractivity contribution is 5.87. The van der Waals surface area contributed by atoms with Gasteiger partial charge in [0, 0.05) is 12.6 Å². The summed E-state index contributed by atoms with van der Waals surface area (Å²) < 4.78 is 8.71. The van der Waals surface area contributed by atoms with Crippen LogP contribution in [0.5, 0.6) is 0 Å². The van der Waals surface area contributed by atoms with Gasteiger partial charge in [-0.15, -0.1) is 5.10 Å². The minimum Gasteiger partial charge on any atom is -0.465 e. The van der Waals surface area contributed by atoms with Crippen molar-refractivity contribution >= 4 is 5.97 Å². The lowest BCUT2D eigenvalue weighted by Gasteiger charge is -2.15. The molecule has 1 fully saturated rings. The third-order valence-corrected chi connectivity index (χ3v) is 7.65. The van der Waals surface area contributed by atoms with Gasteiger partial charge in [-0.3, -0.25) is 9.48 Å². The number of hydrogen-bond donors (Lipinski definition) is 1. The lowest BCUT2D eigenvalue weighted by atomic mass is 9.93. The highest BCUT2D eigenvalue weighted by Gasteiger charge is 2.52. The van der Waals surface area contributed by atoms with Gasteiger partial charge in [0.25, 0.3) is 0 Å². The Balaban J connectivity index is 1.20. The molecule has 1 aliphatic rings. The molecule has 0 aliphatic heterocycles. The summed E-state index contributed by atoms with van der Waals surface area (Å²) in [6, 6.07) is 26.4. The van der Waals surface area contributed by atoms with E-state index in [1.54, 1.807) is 21.8 Å². The first kappa shape index (κ1) is 25.7. The Kier molecular flexibility index (Phi) is 6.77. The SMILES string of the molecule is CCOC(=O)C1(c2ccc(-c3ccc(-c4cnn(C)c4C(O)c4cn(Cc5ccccc5)nn4)cc3)cc2)CC1. The summed E-state index contributed by atoms with van der Waals surface area (Å²) in [6.45, 7) is 2.81. The summed E-state index contributed by atoms with van der Waals surface area (Å²) in [7, 11) is 1.81. The molecule has 1 unspecified atom stereocenters. The van der Waals surface area contributed by atoms with Crippen LogP contribution in [0.1, 0.15) is 48.4 Å². The van der Waals surface area contributed by atoms with Crippen LogP contribution < -0.4 is 0 Å². The quantitative estimate of drug-likeness (QED) is 0.266. The molecule has 2 heterocycles. The minimum atomic E-state index is -0.978. The highest BCUT2D eigenvalue weighted by atomic mass is 16.5. The highest BCUT2D eigenvalue weighted by Crippen LogP contribution is 2.49. The van der Waals surface area contributed by atoms with Crippen molar-refractivity contribution in [3.63, 3.8) is 0 Å². The lowest BCUT2D eigenvalue weighted by Crippen LogP contribution is -2.23. The van der Waals surface area contributed by atoms with Crippen molar-refractivity contribution in [2.24, 2.45) is 7.05 Å². The summed E-state index contributed by atoms with van der Waals surface area (Å²) in [5, 5.41) is 24.2. The van der Waals surface area contributed by atoms with Gasteiger partial charge in [0.15, 0.2) is 0 Å². The zero-order valence-electron chi connectivity index (χ0n) is 22.6. The zero-order chi connectivity index (χ0) is 27.7. The third kappa shape index (κ3) is 4.82. The number of rotatable bonds is 9. The fourth-order valence-electron chi connectivity index (χ4n) is 5.25. The van der Waals surface area contributed by atoms with Crippen LogP contribution in [0.15, 0.2) is 91.3 Å². The number of carbonyl (C=O) groups excluding carboxylic acids is 1. The van der Waals surface area contributed by atoms with Crippen molar-refractivity contribution in [3.05, 3.63) is 114 Å². The van der Waals surface area contributed by atoms with E-state index in [4.69, 9.17) is 4.74 Å². The van der Waals surface area contributed by atoms with E-state index in [-0.39, 0.29) is 5.97 Å². The van der Waals surface area contributed by atoms with Crippen LogP contribution in [0.4, 0.5) is 0 Å². The van der Waals surface area contributed by atoms with Crippen LogP contribution in [0.2, 0.25) is 0 Å². The standard InChI is InChI=1S/C32H31N5O3/c1-3-40-31(39)32(17-18-32)26-15-13-24(14-16-26)23-9-11-25(12-10-23)27-19-33-36(2)29(27)30(38)28-21-37(35-34-28)20-22-7-5-4-6-8-22/h4-16,19,21,30,38H,3,17-18,20H2,1-2H3. The van der Waals surface area contributed by atoms with E-state index in [1.807, 2.05) is 68.6 Å². The molecular weight excluding hydrogens is 502 g/mol. The molecule has 0 spiro atoms. The molecule has 3 aromatic carbocycles. The first-order valence-electron chi connectivity index (χ1n) is 13.5. The molecule has 0 saturated heterocycles.